The van der Waals surface area contributed by atoms with Crippen molar-refractivity contribution < 1.29 is 18.3 Å². The summed E-state index contributed by atoms with van der Waals surface area (Å²) >= 11 is 0. The Bertz CT molecular complexity index is 935. The van der Waals surface area contributed by atoms with Gasteiger partial charge in [0.1, 0.15) is 0 Å². The molecule has 1 N–H and O–H groups in total. The molecule has 0 spiro atoms. The normalized spacial score (nSPS) is 12.9. The van der Waals surface area contributed by atoms with E-state index in [1.807, 2.05) is 0 Å². The Hall–Kier alpha value is -2.94. The van der Waals surface area contributed by atoms with Crippen LogP contribution < -0.4 is 5.69 Å². The van der Waals surface area contributed by atoms with Crippen LogP contribution >= 0.6 is 0 Å². The van der Waals surface area contributed by atoms with Crippen molar-refractivity contribution in [1.29, 1.82) is 0 Å². The summed E-state index contributed by atoms with van der Waals surface area (Å²) < 4.78 is 41.0. The second kappa shape index (κ2) is 7.12. The van der Waals surface area contributed by atoms with Crippen molar-refractivity contribution in [3.8, 4) is 5.69 Å². The minimum atomic E-state index is -4.51. The van der Waals surface area contributed by atoms with Gasteiger partial charge in [-0.1, -0.05) is 36.4 Å². The highest BCUT2D eigenvalue weighted by molar-refractivity contribution is 5.30. The molecule has 26 heavy (non-hydrogen) atoms. The summed E-state index contributed by atoms with van der Waals surface area (Å²) in [4.78, 5) is 12.3. The molecule has 136 valence electrons. The molecule has 0 aliphatic rings. The van der Waals surface area contributed by atoms with Gasteiger partial charge in [0.05, 0.1) is 23.9 Å². The number of para-hydroxylation sites is 1. The molecule has 2 aromatic carbocycles. The van der Waals surface area contributed by atoms with E-state index in [-0.39, 0.29) is 18.5 Å². The van der Waals surface area contributed by atoms with E-state index in [4.69, 9.17) is 0 Å². The Balaban J connectivity index is 1.77. The zero-order chi connectivity index (χ0) is 18.7. The molecular formula is C17H15F3N4O2. The van der Waals surface area contributed by atoms with Gasteiger partial charge in [-0.3, -0.25) is 0 Å². The molecule has 0 radical (unpaired) electrons. The van der Waals surface area contributed by atoms with E-state index in [9.17, 15) is 23.1 Å². The number of alkyl halides is 3. The molecule has 0 fully saturated rings. The summed E-state index contributed by atoms with van der Waals surface area (Å²) in [6.45, 7) is -0.266. The average Bonchev–Trinajstić information content (AvgIpc) is 2.96. The minimum Gasteiger partial charge on any atom is -0.391 e. The van der Waals surface area contributed by atoms with Gasteiger partial charge in [0.2, 0.25) is 0 Å². The Morgan fingerprint density at radius 3 is 2.35 bits per heavy atom. The number of aromatic nitrogens is 4. The van der Waals surface area contributed by atoms with E-state index < -0.39 is 23.5 Å². The zero-order valence-electron chi connectivity index (χ0n) is 13.5. The van der Waals surface area contributed by atoms with Crippen LogP contribution in [0.3, 0.4) is 0 Å². The molecule has 3 rings (SSSR count). The van der Waals surface area contributed by atoms with Crippen molar-refractivity contribution in [3.05, 3.63) is 76.2 Å². The van der Waals surface area contributed by atoms with Crippen LogP contribution in [0.1, 0.15) is 11.1 Å². The van der Waals surface area contributed by atoms with Gasteiger partial charge in [0.15, 0.2) is 0 Å². The molecule has 3 aromatic rings. The fourth-order valence-corrected chi connectivity index (χ4v) is 2.61. The third kappa shape index (κ3) is 3.83. The van der Waals surface area contributed by atoms with E-state index in [1.165, 1.54) is 18.2 Å². The van der Waals surface area contributed by atoms with Crippen molar-refractivity contribution in [3.63, 3.8) is 0 Å². The largest absolute Gasteiger partial charge is 0.416 e. The first-order valence-corrected chi connectivity index (χ1v) is 7.77. The molecule has 0 aliphatic carbocycles. The molecule has 1 heterocycles. The van der Waals surface area contributed by atoms with E-state index in [2.05, 4.69) is 10.4 Å². The van der Waals surface area contributed by atoms with Gasteiger partial charge < -0.3 is 5.11 Å². The number of hydrogen-bond acceptors (Lipinski definition) is 4. The van der Waals surface area contributed by atoms with Gasteiger partial charge in [-0.15, -0.1) is 0 Å². The van der Waals surface area contributed by atoms with Crippen LogP contribution in [-0.4, -0.2) is 31.0 Å². The SMILES string of the molecule is O=c1n(CC(O)Cc2ccccc2C(F)(F)F)nnn1-c1ccccc1. The van der Waals surface area contributed by atoms with Gasteiger partial charge in [0.25, 0.3) is 0 Å². The summed E-state index contributed by atoms with van der Waals surface area (Å²) in [6, 6.07) is 13.6. The first kappa shape index (κ1) is 17.9. The highest BCUT2D eigenvalue weighted by Gasteiger charge is 2.33. The number of halogens is 3. The maximum Gasteiger partial charge on any atom is 0.416 e. The van der Waals surface area contributed by atoms with Crippen LogP contribution in [0.4, 0.5) is 13.2 Å². The van der Waals surface area contributed by atoms with Gasteiger partial charge >= 0.3 is 11.9 Å². The monoisotopic (exact) mass is 364 g/mol. The highest BCUT2D eigenvalue weighted by atomic mass is 19.4. The van der Waals surface area contributed by atoms with Crippen LogP contribution in [0.15, 0.2) is 59.4 Å². The van der Waals surface area contributed by atoms with Gasteiger partial charge in [-0.25, -0.2) is 4.79 Å². The van der Waals surface area contributed by atoms with Crippen LogP contribution in [0.25, 0.3) is 5.69 Å². The molecule has 0 aliphatic heterocycles. The first-order chi connectivity index (χ1) is 12.4. The lowest BCUT2D eigenvalue weighted by atomic mass is 10.0. The average molecular weight is 364 g/mol. The van der Waals surface area contributed by atoms with E-state index in [1.54, 1.807) is 30.3 Å². The van der Waals surface area contributed by atoms with E-state index >= 15 is 0 Å². The summed E-state index contributed by atoms with van der Waals surface area (Å²) in [7, 11) is 0. The molecule has 6 nitrogen and oxygen atoms in total. The van der Waals surface area contributed by atoms with Crippen LogP contribution in [-0.2, 0) is 19.1 Å². The number of aliphatic hydroxyl groups excluding tert-OH is 1. The smallest absolute Gasteiger partial charge is 0.391 e. The van der Waals surface area contributed by atoms with Gasteiger partial charge in [-0.05, 0) is 34.2 Å². The molecule has 0 saturated carbocycles. The Kier molecular flexibility index (Phi) is 4.90. The predicted molar refractivity (Wildman–Crippen MR) is 86.8 cm³/mol. The maximum absolute atomic E-state index is 13.0. The standard InChI is InChI=1S/C17H15F3N4O2/c18-17(19,20)15-9-5-4-6-12(15)10-14(25)11-23-16(26)24(22-21-23)13-7-2-1-3-8-13/h1-9,14,25H,10-11H2. The lowest BCUT2D eigenvalue weighted by molar-refractivity contribution is -0.138. The topological polar surface area (TPSA) is 72.9 Å². The lowest BCUT2D eigenvalue weighted by Crippen LogP contribution is -2.30. The zero-order valence-corrected chi connectivity index (χ0v) is 13.5. The fourth-order valence-electron chi connectivity index (χ4n) is 2.61. The van der Waals surface area contributed by atoms with Crippen LogP contribution in [0, 0.1) is 0 Å². The highest BCUT2D eigenvalue weighted by Crippen LogP contribution is 2.32. The predicted octanol–water partition coefficient (Wildman–Crippen LogP) is 2.05. The summed E-state index contributed by atoms with van der Waals surface area (Å²) in [5, 5.41) is 17.6. The van der Waals surface area contributed by atoms with Crippen LogP contribution in [0.2, 0.25) is 0 Å². The lowest BCUT2D eigenvalue weighted by Gasteiger charge is -2.15. The van der Waals surface area contributed by atoms with Crippen molar-refractivity contribution in [2.45, 2.75) is 25.2 Å². The summed E-state index contributed by atoms with van der Waals surface area (Å²) in [5.74, 6) is 0. The fraction of sp³-hybridized carbons (Fsp3) is 0.235. The van der Waals surface area contributed by atoms with Crippen molar-refractivity contribution in [2.75, 3.05) is 0 Å². The first-order valence-electron chi connectivity index (χ1n) is 7.77. The number of benzene rings is 2. The Morgan fingerprint density at radius 1 is 1.00 bits per heavy atom. The third-order valence-electron chi connectivity index (χ3n) is 3.80. The number of tetrazole rings is 1. The molecule has 1 unspecified atom stereocenters. The quantitative estimate of drug-likeness (QED) is 0.752. The molecular weight excluding hydrogens is 349 g/mol. The van der Waals surface area contributed by atoms with Crippen LogP contribution in [0.5, 0.6) is 0 Å². The maximum atomic E-state index is 13.0. The number of hydrogen-bond donors (Lipinski definition) is 1. The second-order valence-corrected chi connectivity index (χ2v) is 5.70. The summed E-state index contributed by atoms with van der Waals surface area (Å²) in [5.41, 5.74) is -0.935. The minimum absolute atomic E-state index is 0.0454. The number of nitrogens with zero attached hydrogens (tertiary/aromatic N) is 4. The summed E-state index contributed by atoms with van der Waals surface area (Å²) in [6.07, 6.45) is -6.00. The molecule has 0 saturated heterocycles. The molecule has 1 atom stereocenters. The van der Waals surface area contributed by atoms with Crippen molar-refractivity contribution >= 4 is 0 Å². The van der Waals surface area contributed by atoms with E-state index in [0.717, 1.165) is 15.4 Å². The molecule has 0 amide bonds. The van der Waals surface area contributed by atoms with E-state index in [0.29, 0.717) is 5.69 Å². The van der Waals surface area contributed by atoms with Gasteiger partial charge in [0, 0.05) is 6.42 Å². The Morgan fingerprint density at radius 2 is 1.65 bits per heavy atom. The Labute approximate surface area is 146 Å². The number of rotatable bonds is 5. The number of aliphatic hydroxyl groups is 1. The van der Waals surface area contributed by atoms with Crippen molar-refractivity contribution in [1.82, 2.24) is 19.8 Å². The second-order valence-electron chi connectivity index (χ2n) is 5.70. The third-order valence-corrected chi connectivity index (χ3v) is 3.80. The molecule has 1 aromatic heterocycles. The molecule has 9 heteroatoms. The molecule has 0 bridgehead atoms. The van der Waals surface area contributed by atoms with Crippen molar-refractivity contribution in [2.24, 2.45) is 0 Å². The van der Waals surface area contributed by atoms with Gasteiger partial charge in [-0.2, -0.15) is 22.5 Å².